The fourth-order valence-corrected chi connectivity index (χ4v) is 4.21. The van der Waals surface area contributed by atoms with E-state index in [-0.39, 0.29) is 5.21 Å². The molecular weight excluding hydrogens is 234 g/mol. The van der Waals surface area contributed by atoms with Crippen LogP contribution in [0, 0.1) is 17.8 Å². The summed E-state index contributed by atoms with van der Waals surface area (Å²) >= 11 is 5.42. The lowest BCUT2D eigenvalue weighted by molar-refractivity contribution is 0.281. The molecule has 0 aromatic heterocycles. The first-order chi connectivity index (χ1) is 7.03. The van der Waals surface area contributed by atoms with Crippen molar-refractivity contribution in [2.45, 2.75) is 25.7 Å². The molecule has 0 aromatic rings. The molecule has 2 aliphatic rings. The first-order valence-corrected chi connectivity index (χ1v) is 7.67. The van der Waals surface area contributed by atoms with Gasteiger partial charge in [0.1, 0.15) is 5.21 Å². The lowest BCUT2D eigenvalue weighted by atomic mass is 9.89. The average Bonchev–Trinajstić information content (AvgIpc) is 2.79. The number of rotatable bonds is 4. The van der Waals surface area contributed by atoms with E-state index >= 15 is 0 Å². The maximum Gasteiger partial charge on any atom is 0.227 e. The SMILES string of the molecule is CN(CC1CC2CCC1C2)S(=O)(=O)CCl. The van der Waals surface area contributed by atoms with Crippen molar-refractivity contribution in [3.05, 3.63) is 0 Å². The number of hydrogen-bond donors (Lipinski definition) is 0. The van der Waals surface area contributed by atoms with Crippen molar-refractivity contribution < 1.29 is 8.42 Å². The second kappa shape index (κ2) is 4.22. The molecule has 2 aliphatic carbocycles. The number of sulfonamides is 1. The van der Waals surface area contributed by atoms with E-state index in [4.69, 9.17) is 11.6 Å². The average molecular weight is 252 g/mol. The minimum absolute atomic E-state index is 0.301. The van der Waals surface area contributed by atoms with Gasteiger partial charge in [-0.1, -0.05) is 6.42 Å². The van der Waals surface area contributed by atoms with Crippen LogP contribution in [0.15, 0.2) is 0 Å². The predicted molar refractivity (Wildman–Crippen MR) is 61.2 cm³/mol. The van der Waals surface area contributed by atoms with Crippen molar-refractivity contribution in [1.29, 1.82) is 0 Å². The lowest BCUT2D eigenvalue weighted by Gasteiger charge is -2.26. The van der Waals surface area contributed by atoms with E-state index in [1.165, 1.54) is 30.0 Å². The minimum atomic E-state index is -3.20. The second-order valence-corrected chi connectivity index (χ2v) is 7.60. The topological polar surface area (TPSA) is 37.4 Å². The van der Waals surface area contributed by atoms with Gasteiger partial charge >= 0.3 is 0 Å². The normalized spacial score (nSPS) is 35.3. The van der Waals surface area contributed by atoms with Crippen molar-refractivity contribution >= 4 is 21.6 Å². The van der Waals surface area contributed by atoms with Gasteiger partial charge in [0.25, 0.3) is 0 Å². The number of nitrogens with zero attached hydrogens (tertiary/aromatic N) is 1. The van der Waals surface area contributed by atoms with Crippen LogP contribution in [-0.2, 0) is 10.0 Å². The maximum absolute atomic E-state index is 11.5. The highest BCUT2D eigenvalue weighted by Gasteiger charge is 2.40. The van der Waals surface area contributed by atoms with Crippen LogP contribution >= 0.6 is 11.6 Å². The summed E-state index contributed by atoms with van der Waals surface area (Å²) in [4.78, 5) is 0. The van der Waals surface area contributed by atoms with Crippen molar-refractivity contribution in [3.63, 3.8) is 0 Å². The summed E-state index contributed by atoms with van der Waals surface area (Å²) in [6.45, 7) is 0.663. The molecule has 5 heteroatoms. The van der Waals surface area contributed by atoms with E-state index in [9.17, 15) is 8.42 Å². The Kier molecular flexibility index (Phi) is 3.29. The Labute approximate surface area is 96.8 Å². The summed E-state index contributed by atoms with van der Waals surface area (Å²) in [5.41, 5.74) is 0. The summed E-state index contributed by atoms with van der Waals surface area (Å²) in [5, 5.41) is -0.301. The molecule has 3 nitrogen and oxygen atoms in total. The molecule has 88 valence electrons. The van der Waals surface area contributed by atoms with E-state index < -0.39 is 10.0 Å². The van der Waals surface area contributed by atoms with Gasteiger partial charge in [-0.3, -0.25) is 0 Å². The molecule has 2 bridgehead atoms. The van der Waals surface area contributed by atoms with Gasteiger partial charge in [0.15, 0.2) is 0 Å². The number of halogens is 1. The van der Waals surface area contributed by atoms with Crippen LogP contribution in [0.1, 0.15) is 25.7 Å². The molecule has 0 amide bonds. The van der Waals surface area contributed by atoms with Gasteiger partial charge in [0.05, 0.1) is 0 Å². The zero-order valence-corrected chi connectivity index (χ0v) is 10.6. The Morgan fingerprint density at radius 3 is 2.53 bits per heavy atom. The summed E-state index contributed by atoms with van der Waals surface area (Å²) < 4.78 is 24.4. The monoisotopic (exact) mass is 251 g/mol. The molecule has 0 aromatic carbocycles. The Morgan fingerprint density at radius 2 is 2.07 bits per heavy atom. The van der Waals surface area contributed by atoms with Gasteiger partial charge in [0.2, 0.25) is 10.0 Å². The standard InChI is InChI=1S/C10H18ClNO2S/c1-12(15(13,14)7-11)6-10-5-8-2-3-9(10)4-8/h8-10H,2-7H2,1H3. The zero-order chi connectivity index (χ0) is 11.1. The van der Waals surface area contributed by atoms with Crippen LogP contribution in [0.2, 0.25) is 0 Å². The highest BCUT2D eigenvalue weighted by molar-refractivity contribution is 7.90. The zero-order valence-electron chi connectivity index (χ0n) is 9.02. The van der Waals surface area contributed by atoms with E-state index in [1.807, 2.05) is 0 Å². The lowest BCUT2D eigenvalue weighted by Crippen LogP contribution is -2.34. The third kappa shape index (κ3) is 2.32. The van der Waals surface area contributed by atoms with E-state index in [0.717, 1.165) is 11.8 Å². The first-order valence-electron chi connectivity index (χ1n) is 5.53. The largest absolute Gasteiger partial charge is 0.227 e. The van der Waals surface area contributed by atoms with Crippen LogP contribution in [-0.4, -0.2) is 31.5 Å². The number of hydrogen-bond acceptors (Lipinski definition) is 2. The van der Waals surface area contributed by atoms with Gasteiger partial charge in [0, 0.05) is 13.6 Å². The minimum Gasteiger partial charge on any atom is -0.211 e. The summed E-state index contributed by atoms with van der Waals surface area (Å²) in [5.74, 6) is 2.21. The van der Waals surface area contributed by atoms with Crippen molar-refractivity contribution in [2.75, 3.05) is 18.8 Å². The fraction of sp³-hybridized carbons (Fsp3) is 1.00. The summed E-state index contributed by atoms with van der Waals surface area (Å²) in [6.07, 6.45) is 5.18. The molecule has 0 spiro atoms. The van der Waals surface area contributed by atoms with Crippen LogP contribution in [0.5, 0.6) is 0 Å². The number of alkyl halides is 1. The van der Waals surface area contributed by atoms with Gasteiger partial charge in [-0.15, -0.1) is 11.6 Å². The van der Waals surface area contributed by atoms with Gasteiger partial charge in [-0.05, 0) is 37.0 Å². The maximum atomic E-state index is 11.5. The molecule has 15 heavy (non-hydrogen) atoms. The molecular formula is C10H18ClNO2S. The van der Waals surface area contributed by atoms with E-state index in [2.05, 4.69) is 0 Å². The van der Waals surface area contributed by atoms with Crippen molar-refractivity contribution in [3.8, 4) is 0 Å². The second-order valence-electron chi connectivity index (χ2n) is 4.94. The number of fused-ring (bicyclic) bond motifs is 2. The Bertz CT molecular complexity index is 330. The fourth-order valence-electron chi connectivity index (χ4n) is 3.13. The van der Waals surface area contributed by atoms with Crippen LogP contribution in [0.25, 0.3) is 0 Å². The van der Waals surface area contributed by atoms with E-state index in [1.54, 1.807) is 7.05 Å². The Balaban J connectivity index is 1.93. The molecule has 0 aliphatic heterocycles. The van der Waals surface area contributed by atoms with E-state index in [0.29, 0.717) is 12.5 Å². The molecule has 2 rings (SSSR count). The smallest absolute Gasteiger partial charge is 0.211 e. The highest BCUT2D eigenvalue weighted by Crippen LogP contribution is 2.48. The van der Waals surface area contributed by atoms with Crippen molar-refractivity contribution in [2.24, 2.45) is 17.8 Å². The molecule has 0 heterocycles. The molecule has 0 N–H and O–H groups in total. The van der Waals surface area contributed by atoms with Gasteiger partial charge in [-0.2, -0.15) is 0 Å². The molecule has 3 unspecified atom stereocenters. The third-order valence-corrected chi connectivity index (χ3v) is 6.19. The summed E-state index contributed by atoms with van der Waals surface area (Å²) in [7, 11) is -1.56. The highest BCUT2D eigenvalue weighted by atomic mass is 35.5. The van der Waals surface area contributed by atoms with Gasteiger partial charge < -0.3 is 0 Å². The molecule has 0 saturated heterocycles. The van der Waals surface area contributed by atoms with Crippen LogP contribution < -0.4 is 0 Å². The summed E-state index contributed by atoms with van der Waals surface area (Å²) in [6, 6.07) is 0. The molecule has 2 fully saturated rings. The van der Waals surface area contributed by atoms with Crippen molar-refractivity contribution in [1.82, 2.24) is 4.31 Å². The molecule has 3 atom stereocenters. The molecule has 0 radical (unpaired) electrons. The van der Waals surface area contributed by atoms with Crippen LogP contribution in [0.3, 0.4) is 0 Å². The van der Waals surface area contributed by atoms with Crippen LogP contribution in [0.4, 0.5) is 0 Å². The molecule has 2 saturated carbocycles. The van der Waals surface area contributed by atoms with Gasteiger partial charge in [-0.25, -0.2) is 12.7 Å². The quantitative estimate of drug-likeness (QED) is 0.716. The first kappa shape index (κ1) is 11.7. The third-order valence-electron chi connectivity index (χ3n) is 3.99. The Morgan fingerprint density at radius 1 is 1.33 bits per heavy atom. The predicted octanol–water partition coefficient (Wildman–Crippen LogP) is 1.88. The Hall–Kier alpha value is 0.200.